The van der Waals surface area contributed by atoms with E-state index in [0.29, 0.717) is 16.1 Å². The zero-order valence-electron chi connectivity index (χ0n) is 6.44. The maximum absolute atomic E-state index is 5.39. The zero-order valence-corrected chi connectivity index (χ0v) is 8.02. The first-order valence-electron chi connectivity index (χ1n) is 3.47. The van der Waals surface area contributed by atoms with Gasteiger partial charge >= 0.3 is 0 Å². The Morgan fingerprint density at radius 2 is 2.23 bits per heavy atom. The smallest absolute Gasteiger partial charge is 0.240 e. The Balaban J connectivity index is 2.57. The van der Waals surface area contributed by atoms with Gasteiger partial charge in [0.25, 0.3) is 0 Å². The highest BCUT2D eigenvalue weighted by molar-refractivity contribution is 9.10. The molecular formula is C7H5BrN4O. The number of furan rings is 1. The minimum atomic E-state index is 0.120. The number of halogens is 1. The average molecular weight is 241 g/mol. The number of hydrogen-bond acceptors (Lipinski definition) is 5. The first kappa shape index (κ1) is 8.18. The number of nitrogen functional groups attached to an aromatic ring is 1. The van der Waals surface area contributed by atoms with Crippen molar-refractivity contribution in [3.05, 3.63) is 23.0 Å². The van der Waals surface area contributed by atoms with Gasteiger partial charge in [0.05, 0.1) is 6.26 Å². The van der Waals surface area contributed by atoms with Gasteiger partial charge < -0.3 is 10.2 Å². The molecule has 2 heterocycles. The van der Waals surface area contributed by atoms with Crippen molar-refractivity contribution in [1.82, 2.24) is 15.2 Å². The molecule has 0 bridgehead atoms. The zero-order chi connectivity index (χ0) is 9.26. The number of aromatic nitrogens is 3. The highest BCUT2D eigenvalue weighted by Crippen LogP contribution is 2.24. The Labute approximate surface area is 82.1 Å². The summed E-state index contributed by atoms with van der Waals surface area (Å²) in [5.41, 5.74) is 5.94. The van der Waals surface area contributed by atoms with E-state index in [9.17, 15) is 0 Å². The van der Waals surface area contributed by atoms with Gasteiger partial charge in [-0.05, 0) is 28.1 Å². The molecule has 5 nitrogen and oxygen atoms in total. The van der Waals surface area contributed by atoms with E-state index >= 15 is 0 Å². The molecule has 2 aromatic heterocycles. The Morgan fingerprint density at radius 3 is 2.92 bits per heavy atom. The number of nitrogens with zero attached hydrogens (tertiary/aromatic N) is 3. The molecule has 0 unspecified atom stereocenters. The lowest BCUT2D eigenvalue weighted by Gasteiger charge is -1.97. The molecule has 2 aromatic rings. The van der Waals surface area contributed by atoms with E-state index in [1.807, 2.05) is 0 Å². The maximum Gasteiger partial charge on any atom is 0.240 e. The van der Waals surface area contributed by atoms with Crippen LogP contribution in [-0.4, -0.2) is 15.2 Å². The Bertz CT molecular complexity index is 414. The van der Waals surface area contributed by atoms with Crippen molar-refractivity contribution in [2.24, 2.45) is 0 Å². The molecule has 0 aliphatic carbocycles. The molecule has 0 saturated heterocycles. The van der Waals surface area contributed by atoms with Crippen LogP contribution in [0.15, 0.2) is 27.4 Å². The van der Waals surface area contributed by atoms with Gasteiger partial charge in [0.2, 0.25) is 5.95 Å². The maximum atomic E-state index is 5.39. The second-order valence-electron chi connectivity index (χ2n) is 2.29. The standard InChI is InChI=1S/C7H5BrN4O/c8-6-5(4-2-1-3-13-4)10-7(9)12-11-6/h1-3H,(H2,9,10,12). The Kier molecular flexibility index (Phi) is 1.97. The summed E-state index contributed by atoms with van der Waals surface area (Å²) in [6.07, 6.45) is 1.56. The molecule has 2 N–H and O–H groups in total. The van der Waals surface area contributed by atoms with Crippen molar-refractivity contribution in [1.29, 1.82) is 0 Å². The van der Waals surface area contributed by atoms with Crippen molar-refractivity contribution < 1.29 is 4.42 Å². The summed E-state index contributed by atoms with van der Waals surface area (Å²) in [6.45, 7) is 0. The van der Waals surface area contributed by atoms with Crippen LogP contribution in [0.2, 0.25) is 0 Å². The van der Waals surface area contributed by atoms with Gasteiger partial charge in [-0.2, -0.15) is 0 Å². The SMILES string of the molecule is Nc1nnc(Br)c(-c2ccco2)n1. The van der Waals surface area contributed by atoms with E-state index in [0.717, 1.165) is 0 Å². The molecular weight excluding hydrogens is 236 g/mol. The highest BCUT2D eigenvalue weighted by atomic mass is 79.9. The van der Waals surface area contributed by atoms with E-state index in [1.54, 1.807) is 18.4 Å². The lowest BCUT2D eigenvalue weighted by molar-refractivity contribution is 0.578. The van der Waals surface area contributed by atoms with E-state index in [-0.39, 0.29) is 5.95 Å². The van der Waals surface area contributed by atoms with Gasteiger partial charge in [0.1, 0.15) is 5.69 Å². The molecule has 0 aromatic carbocycles. The van der Waals surface area contributed by atoms with E-state index in [4.69, 9.17) is 10.2 Å². The lowest BCUT2D eigenvalue weighted by Crippen LogP contribution is -1.99. The van der Waals surface area contributed by atoms with Gasteiger partial charge in [-0.15, -0.1) is 10.2 Å². The van der Waals surface area contributed by atoms with Gasteiger partial charge in [0, 0.05) is 0 Å². The number of rotatable bonds is 1. The van der Waals surface area contributed by atoms with Crippen LogP contribution in [0.3, 0.4) is 0 Å². The highest BCUT2D eigenvalue weighted by Gasteiger charge is 2.09. The molecule has 0 aliphatic heterocycles. The van der Waals surface area contributed by atoms with Crippen LogP contribution in [0, 0.1) is 0 Å². The second kappa shape index (κ2) is 3.14. The van der Waals surface area contributed by atoms with E-state index in [2.05, 4.69) is 31.1 Å². The lowest BCUT2D eigenvalue weighted by atomic mass is 10.3. The van der Waals surface area contributed by atoms with Crippen molar-refractivity contribution in [2.75, 3.05) is 5.73 Å². The molecule has 0 spiro atoms. The van der Waals surface area contributed by atoms with E-state index in [1.165, 1.54) is 0 Å². The van der Waals surface area contributed by atoms with Gasteiger partial charge in [-0.3, -0.25) is 0 Å². The van der Waals surface area contributed by atoms with Crippen molar-refractivity contribution in [3.63, 3.8) is 0 Å². The normalized spacial score (nSPS) is 10.2. The Hall–Kier alpha value is -1.43. The third-order valence-corrected chi connectivity index (χ3v) is 1.95. The van der Waals surface area contributed by atoms with Crippen LogP contribution in [0.4, 0.5) is 5.95 Å². The first-order chi connectivity index (χ1) is 6.27. The molecule has 0 saturated carbocycles. The molecule has 6 heteroatoms. The van der Waals surface area contributed by atoms with Crippen LogP contribution in [0.1, 0.15) is 0 Å². The third-order valence-electron chi connectivity index (χ3n) is 1.42. The van der Waals surface area contributed by atoms with Gasteiger partial charge in [0.15, 0.2) is 10.4 Å². The number of nitrogens with two attached hydrogens (primary N) is 1. The fourth-order valence-electron chi connectivity index (χ4n) is 0.896. The second-order valence-corrected chi connectivity index (χ2v) is 3.04. The van der Waals surface area contributed by atoms with Crippen molar-refractivity contribution in [3.8, 4) is 11.5 Å². The molecule has 13 heavy (non-hydrogen) atoms. The van der Waals surface area contributed by atoms with Crippen molar-refractivity contribution in [2.45, 2.75) is 0 Å². The number of anilines is 1. The van der Waals surface area contributed by atoms with Crippen LogP contribution in [0.5, 0.6) is 0 Å². The number of hydrogen-bond donors (Lipinski definition) is 1. The summed E-state index contributed by atoms with van der Waals surface area (Å²) in [6, 6.07) is 3.54. The molecule has 0 fully saturated rings. The summed E-state index contributed by atoms with van der Waals surface area (Å²) >= 11 is 3.20. The summed E-state index contributed by atoms with van der Waals surface area (Å²) in [7, 11) is 0. The summed E-state index contributed by atoms with van der Waals surface area (Å²) in [4.78, 5) is 3.98. The minimum Gasteiger partial charge on any atom is -0.463 e. The van der Waals surface area contributed by atoms with Crippen LogP contribution < -0.4 is 5.73 Å². The molecule has 0 aliphatic rings. The predicted octanol–water partition coefficient (Wildman–Crippen LogP) is 1.48. The molecule has 0 amide bonds. The summed E-state index contributed by atoms with van der Waals surface area (Å²) < 4.78 is 5.65. The van der Waals surface area contributed by atoms with Crippen molar-refractivity contribution >= 4 is 21.9 Å². The molecule has 0 radical (unpaired) electrons. The van der Waals surface area contributed by atoms with Crippen LogP contribution in [-0.2, 0) is 0 Å². The van der Waals surface area contributed by atoms with E-state index < -0.39 is 0 Å². The summed E-state index contributed by atoms with van der Waals surface area (Å²) in [5.74, 6) is 0.725. The Morgan fingerprint density at radius 1 is 1.38 bits per heavy atom. The minimum absolute atomic E-state index is 0.120. The average Bonchev–Trinajstić information content (AvgIpc) is 2.61. The predicted molar refractivity (Wildman–Crippen MR) is 49.6 cm³/mol. The van der Waals surface area contributed by atoms with Crippen LogP contribution >= 0.6 is 15.9 Å². The van der Waals surface area contributed by atoms with Gasteiger partial charge in [-0.25, -0.2) is 4.98 Å². The topological polar surface area (TPSA) is 77.8 Å². The summed E-state index contributed by atoms with van der Waals surface area (Å²) in [5, 5.41) is 7.33. The third kappa shape index (κ3) is 1.52. The monoisotopic (exact) mass is 240 g/mol. The molecule has 2 rings (SSSR count). The fourth-order valence-corrected chi connectivity index (χ4v) is 1.26. The van der Waals surface area contributed by atoms with Crippen LogP contribution in [0.25, 0.3) is 11.5 Å². The van der Waals surface area contributed by atoms with Gasteiger partial charge in [-0.1, -0.05) is 0 Å². The molecule has 66 valence electrons. The quantitative estimate of drug-likeness (QED) is 0.817. The largest absolute Gasteiger partial charge is 0.463 e. The molecule has 0 atom stereocenters. The fraction of sp³-hybridized carbons (Fsp3) is 0. The first-order valence-corrected chi connectivity index (χ1v) is 4.26.